The van der Waals surface area contributed by atoms with E-state index in [1.807, 2.05) is 0 Å². The lowest BCUT2D eigenvalue weighted by atomic mass is 9.98. The summed E-state index contributed by atoms with van der Waals surface area (Å²) >= 11 is 1.67. The van der Waals surface area contributed by atoms with E-state index in [2.05, 4.69) is 27.6 Å². The fourth-order valence-corrected chi connectivity index (χ4v) is 3.86. The van der Waals surface area contributed by atoms with Gasteiger partial charge in [-0.2, -0.15) is 0 Å². The summed E-state index contributed by atoms with van der Waals surface area (Å²) in [6.07, 6.45) is 4.37. The molecule has 0 saturated carbocycles. The van der Waals surface area contributed by atoms with Crippen LogP contribution in [-0.4, -0.2) is 49.8 Å². The van der Waals surface area contributed by atoms with Crippen molar-refractivity contribution in [3.8, 4) is 0 Å². The number of hydrogen-bond donors (Lipinski definition) is 1. The highest BCUT2D eigenvalue weighted by Gasteiger charge is 2.28. The van der Waals surface area contributed by atoms with Crippen LogP contribution in [0.1, 0.15) is 46.9 Å². The van der Waals surface area contributed by atoms with Crippen LogP contribution in [0.2, 0.25) is 0 Å². The molecule has 2 aromatic rings. The fourth-order valence-electron chi connectivity index (χ4n) is 2.83. The molecule has 2 aromatic heterocycles. The molecule has 0 aliphatic carbocycles. The van der Waals surface area contributed by atoms with Crippen molar-refractivity contribution in [1.82, 2.24) is 24.9 Å². The van der Waals surface area contributed by atoms with Crippen molar-refractivity contribution in [2.75, 3.05) is 13.1 Å². The standard InChI is InChI=1S/C15H20N6O2S/c1-2-11-9-24-14(17-11)10-4-3-5-20(6-10)15(23)12-7-21(19-18-12)8-13(16)22/h7,9-10H,2-6,8H2,1H3,(H2,16,22)/t10-/m1/s1. The van der Waals surface area contributed by atoms with Gasteiger partial charge in [-0.3, -0.25) is 9.59 Å². The van der Waals surface area contributed by atoms with Gasteiger partial charge in [0.05, 0.1) is 16.9 Å². The molecular formula is C15H20N6O2S. The van der Waals surface area contributed by atoms with Crippen molar-refractivity contribution in [1.29, 1.82) is 0 Å². The third kappa shape index (κ3) is 3.61. The Balaban J connectivity index is 1.68. The van der Waals surface area contributed by atoms with E-state index in [1.54, 1.807) is 16.2 Å². The molecule has 1 aliphatic rings. The van der Waals surface area contributed by atoms with Gasteiger partial charge in [0, 0.05) is 24.4 Å². The van der Waals surface area contributed by atoms with E-state index in [9.17, 15) is 9.59 Å². The zero-order chi connectivity index (χ0) is 17.1. The molecule has 3 heterocycles. The van der Waals surface area contributed by atoms with Crippen molar-refractivity contribution in [3.63, 3.8) is 0 Å². The van der Waals surface area contributed by atoms with E-state index in [1.165, 1.54) is 10.9 Å². The van der Waals surface area contributed by atoms with Crippen molar-refractivity contribution < 1.29 is 9.59 Å². The number of carbonyl (C=O) groups excluding carboxylic acids is 2. The molecule has 0 aromatic carbocycles. The fraction of sp³-hybridized carbons (Fsp3) is 0.533. The number of thiazole rings is 1. The predicted molar refractivity (Wildman–Crippen MR) is 88.6 cm³/mol. The third-order valence-corrected chi connectivity index (χ3v) is 5.12. The number of amides is 2. The van der Waals surface area contributed by atoms with E-state index in [4.69, 9.17) is 5.73 Å². The van der Waals surface area contributed by atoms with Gasteiger partial charge in [-0.15, -0.1) is 16.4 Å². The SMILES string of the molecule is CCc1csc([C@@H]2CCCN(C(=O)c3cn(CC(N)=O)nn3)C2)n1. The highest BCUT2D eigenvalue weighted by molar-refractivity contribution is 7.09. The van der Waals surface area contributed by atoms with Crippen LogP contribution in [0.15, 0.2) is 11.6 Å². The minimum atomic E-state index is -0.521. The summed E-state index contributed by atoms with van der Waals surface area (Å²) in [5.41, 5.74) is 6.47. The zero-order valence-corrected chi connectivity index (χ0v) is 14.3. The minimum Gasteiger partial charge on any atom is -0.368 e. The number of nitrogens with zero attached hydrogens (tertiary/aromatic N) is 5. The second-order valence-corrected chi connectivity index (χ2v) is 6.78. The Kier molecular flexibility index (Phi) is 4.89. The number of likely N-dealkylation sites (tertiary alicyclic amines) is 1. The summed E-state index contributed by atoms with van der Waals surface area (Å²) in [5, 5.41) is 10.8. The van der Waals surface area contributed by atoms with Gasteiger partial charge in [0.15, 0.2) is 5.69 Å². The molecule has 1 aliphatic heterocycles. The van der Waals surface area contributed by atoms with Crippen LogP contribution in [0, 0.1) is 0 Å². The molecule has 3 rings (SSSR count). The molecule has 1 atom stereocenters. The first-order valence-electron chi connectivity index (χ1n) is 7.98. The van der Waals surface area contributed by atoms with Gasteiger partial charge in [-0.1, -0.05) is 12.1 Å². The Morgan fingerprint density at radius 1 is 1.46 bits per heavy atom. The molecule has 2 amide bonds. The Labute approximate surface area is 143 Å². The van der Waals surface area contributed by atoms with Crippen LogP contribution >= 0.6 is 11.3 Å². The molecular weight excluding hydrogens is 328 g/mol. The number of nitrogens with two attached hydrogens (primary N) is 1. The molecule has 8 nitrogen and oxygen atoms in total. The number of rotatable bonds is 5. The molecule has 0 radical (unpaired) electrons. The maximum absolute atomic E-state index is 12.6. The third-order valence-electron chi connectivity index (χ3n) is 4.07. The van der Waals surface area contributed by atoms with Crippen LogP contribution in [-0.2, 0) is 17.8 Å². The number of aryl methyl sites for hydroxylation is 1. The molecule has 1 fully saturated rings. The van der Waals surface area contributed by atoms with Gasteiger partial charge >= 0.3 is 0 Å². The summed E-state index contributed by atoms with van der Waals surface area (Å²) in [6, 6.07) is 0. The quantitative estimate of drug-likeness (QED) is 0.860. The lowest BCUT2D eigenvalue weighted by Crippen LogP contribution is -2.39. The first-order valence-corrected chi connectivity index (χ1v) is 8.86. The highest BCUT2D eigenvalue weighted by atomic mass is 32.1. The lowest BCUT2D eigenvalue weighted by molar-refractivity contribution is -0.118. The van der Waals surface area contributed by atoms with Crippen molar-refractivity contribution >= 4 is 23.2 Å². The van der Waals surface area contributed by atoms with E-state index in [0.717, 1.165) is 30.0 Å². The van der Waals surface area contributed by atoms with Crippen molar-refractivity contribution in [2.45, 2.75) is 38.6 Å². The Hall–Kier alpha value is -2.29. The van der Waals surface area contributed by atoms with Crippen molar-refractivity contribution in [3.05, 3.63) is 28.0 Å². The number of aromatic nitrogens is 4. The molecule has 128 valence electrons. The van der Waals surface area contributed by atoms with Gasteiger partial charge < -0.3 is 10.6 Å². The maximum atomic E-state index is 12.6. The molecule has 9 heteroatoms. The average Bonchev–Trinajstić information content (AvgIpc) is 3.23. The number of carbonyl (C=O) groups is 2. The lowest BCUT2D eigenvalue weighted by Gasteiger charge is -2.31. The van der Waals surface area contributed by atoms with Gasteiger partial charge in [0.2, 0.25) is 5.91 Å². The molecule has 1 saturated heterocycles. The Morgan fingerprint density at radius 3 is 3.00 bits per heavy atom. The highest BCUT2D eigenvalue weighted by Crippen LogP contribution is 2.29. The molecule has 2 N–H and O–H groups in total. The largest absolute Gasteiger partial charge is 0.368 e. The van der Waals surface area contributed by atoms with Gasteiger partial charge in [0.25, 0.3) is 5.91 Å². The minimum absolute atomic E-state index is 0.0815. The molecule has 0 unspecified atom stereocenters. The second kappa shape index (κ2) is 7.08. The number of hydrogen-bond acceptors (Lipinski definition) is 6. The smallest absolute Gasteiger partial charge is 0.276 e. The average molecular weight is 348 g/mol. The second-order valence-electron chi connectivity index (χ2n) is 5.89. The predicted octanol–water partition coefficient (Wildman–Crippen LogP) is 0.802. The summed E-state index contributed by atoms with van der Waals surface area (Å²) in [4.78, 5) is 30.0. The van der Waals surface area contributed by atoms with Crippen LogP contribution < -0.4 is 5.73 Å². The normalized spacial score (nSPS) is 17.9. The first-order chi connectivity index (χ1) is 11.6. The Bertz CT molecular complexity index is 740. The topological polar surface area (TPSA) is 107 Å². The van der Waals surface area contributed by atoms with E-state index in [-0.39, 0.29) is 24.1 Å². The van der Waals surface area contributed by atoms with Gasteiger partial charge in [-0.25, -0.2) is 9.67 Å². The molecule has 0 spiro atoms. The number of primary amides is 1. The number of piperidine rings is 1. The monoisotopic (exact) mass is 348 g/mol. The van der Waals surface area contributed by atoms with Crippen LogP contribution in [0.5, 0.6) is 0 Å². The Morgan fingerprint density at radius 2 is 2.29 bits per heavy atom. The van der Waals surface area contributed by atoms with Crippen molar-refractivity contribution in [2.24, 2.45) is 5.73 Å². The summed E-state index contributed by atoms with van der Waals surface area (Å²) in [7, 11) is 0. The van der Waals surface area contributed by atoms with E-state index < -0.39 is 5.91 Å². The molecule has 0 bridgehead atoms. The van der Waals surface area contributed by atoms with E-state index >= 15 is 0 Å². The zero-order valence-electron chi connectivity index (χ0n) is 13.5. The maximum Gasteiger partial charge on any atom is 0.276 e. The van der Waals surface area contributed by atoms with Crippen LogP contribution in [0.25, 0.3) is 0 Å². The summed E-state index contributed by atoms with van der Waals surface area (Å²) in [5.74, 6) is -0.413. The first kappa shape index (κ1) is 16.6. The van der Waals surface area contributed by atoms with Gasteiger partial charge in [-0.05, 0) is 19.3 Å². The van der Waals surface area contributed by atoms with Crippen LogP contribution in [0.4, 0.5) is 0 Å². The van der Waals surface area contributed by atoms with E-state index in [0.29, 0.717) is 13.1 Å². The summed E-state index contributed by atoms with van der Waals surface area (Å²) < 4.78 is 1.28. The van der Waals surface area contributed by atoms with Gasteiger partial charge in [0.1, 0.15) is 6.54 Å². The summed E-state index contributed by atoms with van der Waals surface area (Å²) in [6.45, 7) is 3.34. The van der Waals surface area contributed by atoms with Crippen LogP contribution in [0.3, 0.4) is 0 Å². The molecule has 24 heavy (non-hydrogen) atoms.